The maximum atomic E-state index is 3.61. The quantitative estimate of drug-likeness (QED) is 0.791. The summed E-state index contributed by atoms with van der Waals surface area (Å²) >= 11 is 0. The monoisotopic (exact) mass is 255 g/mol. The minimum Gasteiger partial charge on any atom is -0.380 e. The summed E-state index contributed by atoms with van der Waals surface area (Å²) in [6, 6.07) is 8.66. The van der Waals surface area contributed by atoms with Gasteiger partial charge in [0.1, 0.15) is 0 Å². The van der Waals surface area contributed by atoms with Crippen molar-refractivity contribution >= 4 is 5.69 Å². The fraction of sp³-hybridized carbons (Fsp3) is 0.444. The number of hydrogen-bond acceptors (Lipinski definition) is 1. The number of nitrogens with one attached hydrogen (secondary N) is 1. The molecule has 0 unspecified atom stereocenters. The maximum absolute atomic E-state index is 3.61. The minimum atomic E-state index is 0.0973. The molecule has 0 fully saturated rings. The number of rotatable bonds is 3. The molecule has 0 amide bonds. The van der Waals surface area contributed by atoms with Crippen molar-refractivity contribution < 1.29 is 0 Å². The van der Waals surface area contributed by atoms with Crippen LogP contribution in [0.3, 0.4) is 0 Å². The van der Waals surface area contributed by atoms with Crippen LogP contribution < -0.4 is 5.32 Å². The Kier molecular flexibility index (Phi) is 3.84. The van der Waals surface area contributed by atoms with Crippen molar-refractivity contribution in [3.05, 3.63) is 52.6 Å². The molecule has 1 aliphatic rings. The van der Waals surface area contributed by atoms with Gasteiger partial charge >= 0.3 is 0 Å². The normalized spacial score (nSPS) is 15.7. The van der Waals surface area contributed by atoms with Gasteiger partial charge in [-0.25, -0.2) is 0 Å². The van der Waals surface area contributed by atoms with Crippen molar-refractivity contribution in [1.82, 2.24) is 0 Å². The van der Waals surface area contributed by atoms with Crippen molar-refractivity contribution in [2.24, 2.45) is 0 Å². The molecule has 1 aromatic carbocycles. The second-order valence-corrected chi connectivity index (χ2v) is 6.56. The molecule has 0 aliphatic heterocycles. The van der Waals surface area contributed by atoms with Crippen LogP contribution in [-0.4, -0.2) is 5.54 Å². The summed E-state index contributed by atoms with van der Waals surface area (Å²) in [5.41, 5.74) is 7.23. The van der Waals surface area contributed by atoms with Gasteiger partial charge in [-0.1, -0.05) is 35.4 Å². The molecule has 1 nitrogen and oxygen atoms in total. The minimum absolute atomic E-state index is 0.0973. The summed E-state index contributed by atoms with van der Waals surface area (Å²) < 4.78 is 0. The van der Waals surface area contributed by atoms with Gasteiger partial charge in [-0.15, -0.1) is 0 Å². The van der Waals surface area contributed by atoms with Gasteiger partial charge in [0.15, 0.2) is 0 Å². The van der Waals surface area contributed by atoms with Gasteiger partial charge < -0.3 is 5.32 Å². The first-order chi connectivity index (χ1) is 8.87. The molecule has 2 rings (SSSR count). The van der Waals surface area contributed by atoms with Gasteiger partial charge in [0.25, 0.3) is 0 Å². The van der Waals surface area contributed by atoms with Crippen LogP contribution in [0.15, 0.2) is 47.1 Å². The Bertz CT molecular complexity index is 527. The molecule has 19 heavy (non-hydrogen) atoms. The van der Waals surface area contributed by atoms with Crippen molar-refractivity contribution in [3.63, 3.8) is 0 Å². The van der Waals surface area contributed by atoms with Gasteiger partial charge in [-0.05, 0) is 64.7 Å². The predicted octanol–water partition coefficient (Wildman–Crippen LogP) is 5.11. The topological polar surface area (TPSA) is 12.0 Å². The highest BCUT2D eigenvalue weighted by Crippen LogP contribution is 2.31. The zero-order chi connectivity index (χ0) is 14.0. The lowest BCUT2D eigenvalue weighted by Crippen LogP contribution is -2.26. The first-order valence-corrected chi connectivity index (χ1v) is 7.08. The molecule has 0 aromatic heterocycles. The Hall–Kier alpha value is -1.50. The molecule has 0 saturated heterocycles. The highest BCUT2D eigenvalue weighted by atomic mass is 15.0. The Balaban J connectivity index is 2.26. The number of anilines is 1. The van der Waals surface area contributed by atoms with E-state index in [2.05, 4.69) is 70.3 Å². The molecule has 0 bridgehead atoms. The molecule has 1 N–H and O–H groups in total. The standard InChI is InChI=1S/C18H25N/c1-13-10-11-14(2)16(13)12-15-8-6-7-9-17(15)19-18(3,4)5/h6-10,19H,11-12H2,1-5H3. The zero-order valence-corrected chi connectivity index (χ0v) is 12.8. The second-order valence-electron chi connectivity index (χ2n) is 6.56. The molecular formula is C18H25N. The fourth-order valence-electron chi connectivity index (χ4n) is 2.57. The van der Waals surface area contributed by atoms with Crippen LogP contribution in [0, 0.1) is 0 Å². The zero-order valence-electron chi connectivity index (χ0n) is 12.8. The number of benzene rings is 1. The summed E-state index contributed by atoms with van der Waals surface area (Å²) in [6.07, 6.45) is 4.49. The molecular weight excluding hydrogens is 230 g/mol. The van der Waals surface area contributed by atoms with E-state index in [-0.39, 0.29) is 5.54 Å². The van der Waals surface area contributed by atoms with E-state index in [9.17, 15) is 0 Å². The van der Waals surface area contributed by atoms with E-state index in [1.165, 1.54) is 28.0 Å². The lowest BCUT2D eigenvalue weighted by molar-refractivity contribution is 0.633. The maximum Gasteiger partial charge on any atom is 0.0380 e. The van der Waals surface area contributed by atoms with Gasteiger partial charge in [0.05, 0.1) is 0 Å². The third-order valence-electron chi connectivity index (χ3n) is 3.60. The molecule has 0 heterocycles. The predicted molar refractivity (Wildman–Crippen MR) is 84.6 cm³/mol. The third-order valence-corrected chi connectivity index (χ3v) is 3.60. The summed E-state index contributed by atoms with van der Waals surface area (Å²) in [5, 5.41) is 3.61. The van der Waals surface area contributed by atoms with Crippen LogP contribution in [0.4, 0.5) is 5.69 Å². The van der Waals surface area contributed by atoms with E-state index in [1.807, 2.05) is 0 Å². The number of hydrogen-bond donors (Lipinski definition) is 1. The van der Waals surface area contributed by atoms with Crippen LogP contribution in [0.5, 0.6) is 0 Å². The molecule has 102 valence electrons. The van der Waals surface area contributed by atoms with Gasteiger partial charge in [0.2, 0.25) is 0 Å². The fourth-order valence-corrected chi connectivity index (χ4v) is 2.57. The Morgan fingerprint density at radius 3 is 2.37 bits per heavy atom. The van der Waals surface area contributed by atoms with E-state index >= 15 is 0 Å². The van der Waals surface area contributed by atoms with Crippen LogP contribution in [0.25, 0.3) is 0 Å². The average Bonchev–Trinajstić information content (AvgIpc) is 2.61. The van der Waals surface area contributed by atoms with Crippen LogP contribution in [-0.2, 0) is 6.42 Å². The molecule has 1 aromatic rings. The Morgan fingerprint density at radius 1 is 1.11 bits per heavy atom. The lowest BCUT2D eigenvalue weighted by Gasteiger charge is -2.24. The van der Waals surface area contributed by atoms with E-state index in [4.69, 9.17) is 0 Å². The average molecular weight is 255 g/mol. The van der Waals surface area contributed by atoms with E-state index in [0.29, 0.717) is 0 Å². The van der Waals surface area contributed by atoms with E-state index < -0.39 is 0 Å². The smallest absolute Gasteiger partial charge is 0.0380 e. The summed E-state index contributed by atoms with van der Waals surface area (Å²) in [5.74, 6) is 0. The highest BCUT2D eigenvalue weighted by Gasteiger charge is 2.15. The van der Waals surface area contributed by atoms with Gasteiger partial charge in [0, 0.05) is 11.2 Å². The molecule has 1 aliphatic carbocycles. The van der Waals surface area contributed by atoms with E-state index in [1.54, 1.807) is 0 Å². The molecule has 0 spiro atoms. The molecule has 0 radical (unpaired) electrons. The Labute approximate surface area is 117 Å². The van der Waals surface area contributed by atoms with Crippen LogP contribution in [0.1, 0.15) is 46.6 Å². The molecule has 1 heteroatoms. The van der Waals surface area contributed by atoms with Crippen LogP contribution >= 0.6 is 0 Å². The van der Waals surface area contributed by atoms with Crippen LogP contribution in [0.2, 0.25) is 0 Å². The largest absolute Gasteiger partial charge is 0.380 e. The van der Waals surface area contributed by atoms with Gasteiger partial charge in [-0.3, -0.25) is 0 Å². The summed E-state index contributed by atoms with van der Waals surface area (Å²) in [6.45, 7) is 11.1. The first-order valence-electron chi connectivity index (χ1n) is 7.08. The first kappa shape index (κ1) is 13.9. The SMILES string of the molecule is CC1=CCC(C)=C1Cc1ccccc1NC(C)(C)C. The summed E-state index contributed by atoms with van der Waals surface area (Å²) in [7, 11) is 0. The summed E-state index contributed by atoms with van der Waals surface area (Å²) in [4.78, 5) is 0. The number of allylic oxidation sites excluding steroid dienone is 4. The lowest BCUT2D eigenvalue weighted by atomic mass is 9.97. The highest BCUT2D eigenvalue weighted by molar-refractivity contribution is 5.56. The van der Waals surface area contributed by atoms with Crippen molar-refractivity contribution in [2.75, 3.05) is 5.32 Å². The van der Waals surface area contributed by atoms with Gasteiger partial charge in [-0.2, -0.15) is 0 Å². The number of para-hydroxylation sites is 1. The van der Waals surface area contributed by atoms with Crippen molar-refractivity contribution in [3.8, 4) is 0 Å². The Morgan fingerprint density at radius 2 is 1.79 bits per heavy atom. The molecule has 0 atom stereocenters. The third kappa shape index (κ3) is 3.50. The van der Waals surface area contributed by atoms with Crippen molar-refractivity contribution in [1.29, 1.82) is 0 Å². The van der Waals surface area contributed by atoms with Crippen molar-refractivity contribution in [2.45, 2.75) is 53.0 Å². The molecule has 0 saturated carbocycles. The van der Waals surface area contributed by atoms with E-state index in [0.717, 1.165) is 12.8 Å². The second kappa shape index (κ2) is 5.24.